The largest absolute Gasteiger partial charge is 0.350 e. The molecular formula is C22H21N3O2S. The average molecular weight is 391 g/mol. The molecule has 0 aliphatic carbocycles. The summed E-state index contributed by atoms with van der Waals surface area (Å²) in [5.74, 6) is -0.188. The van der Waals surface area contributed by atoms with Crippen LogP contribution in [0.2, 0.25) is 0 Å². The van der Waals surface area contributed by atoms with Crippen molar-refractivity contribution in [2.45, 2.75) is 24.8 Å². The number of benzene rings is 2. The van der Waals surface area contributed by atoms with Gasteiger partial charge in [0.2, 0.25) is 11.8 Å². The highest BCUT2D eigenvalue weighted by Crippen LogP contribution is 2.45. The van der Waals surface area contributed by atoms with E-state index in [9.17, 15) is 9.59 Å². The van der Waals surface area contributed by atoms with Crippen LogP contribution in [0, 0.1) is 0 Å². The predicted octanol–water partition coefficient (Wildman–Crippen LogP) is 3.31. The van der Waals surface area contributed by atoms with Crippen molar-refractivity contribution < 1.29 is 9.59 Å². The van der Waals surface area contributed by atoms with Gasteiger partial charge in [-0.2, -0.15) is 0 Å². The number of likely N-dealkylation sites (N-methyl/N-ethyl adjacent to an activating group) is 1. The molecule has 0 bridgehead atoms. The Balaban J connectivity index is 1.66. The minimum Gasteiger partial charge on any atom is -0.350 e. The number of para-hydroxylation sites is 1. The zero-order valence-corrected chi connectivity index (χ0v) is 16.4. The maximum Gasteiger partial charge on any atom is 0.238 e. The van der Waals surface area contributed by atoms with Crippen LogP contribution in [-0.4, -0.2) is 23.8 Å². The molecule has 0 saturated heterocycles. The van der Waals surface area contributed by atoms with E-state index in [1.807, 2.05) is 60.0 Å². The minimum absolute atomic E-state index is 0.0399. The van der Waals surface area contributed by atoms with Crippen LogP contribution in [0.3, 0.4) is 0 Å². The quantitative estimate of drug-likeness (QED) is 0.701. The fourth-order valence-corrected chi connectivity index (χ4v) is 4.47. The van der Waals surface area contributed by atoms with Crippen molar-refractivity contribution in [2.75, 3.05) is 11.9 Å². The van der Waals surface area contributed by atoms with Gasteiger partial charge in [0.05, 0.1) is 12.0 Å². The van der Waals surface area contributed by atoms with Crippen LogP contribution < -0.4 is 10.2 Å². The molecule has 142 valence electrons. The molecule has 0 saturated carbocycles. The molecule has 1 aromatic heterocycles. The molecule has 1 atom stereocenters. The fourth-order valence-electron chi connectivity index (χ4n) is 3.92. The summed E-state index contributed by atoms with van der Waals surface area (Å²) in [6, 6.07) is 17.6. The lowest BCUT2D eigenvalue weighted by molar-refractivity contribution is -0.129. The standard InChI is InChI=1S/C22H21N3O2S/c1-25-18-10-6-5-9-17(18)22(21(25)27,13-16-7-3-2-4-8-16)14-19(26)24-15-20-23-11-12-28-20/h2-12H,13-15H2,1H3,(H,24,26)/t22-/m1/s1. The van der Waals surface area contributed by atoms with Crippen molar-refractivity contribution in [3.8, 4) is 0 Å². The van der Waals surface area contributed by atoms with Crippen molar-refractivity contribution in [1.82, 2.24) is 10.3 Å². The Bertz CT molecular complexity index is 988. The number of hydrogen-bond acceptors (Lipinski definition) is 4. The number of amides is 2. The number of carbonyl (C=O) groups excluding carboxylic acids is 2. The third-order valence-electron chi connectivity index (χ3n) is 5.23. The first-order valence-corrected chi connectivity index (χ1v) is 10.0. The van der Waals surface area contributed by atoms with Crippen LogP contribution in [0.15, 0.2) is 66.2 Å². The second-order valence-corrected chi connectivity index (χ2v) is 7.98. The molecule has 4 rings (SSSR count). The van der Waals surface area contributed by atoms with Gasteiger partial charge in [-0.3, -0.25) is 9.59 Å². The number of aromatic nitrogens is 1. The van der Waals surface area contributed by atoms with Gasteiger partial charge in [0.15, 0.2) is 0 Å². The molecule has 1 N–H and O–H groups in total. The zero-order valence-electron chi connectivity index (χ0n) is 15.6. The number of anilines is 1. The van der Waals surface area contributed by atoms with Gasteiger partial charge >= 0.3 is 0 Å². The summed E-state index contributed by atoms with van der Waals surface area (Å²) in [4.78, 5) is 32.1. The summed E-state index contributed by atoms with van der Waals surface area (Å²) in [6.45, 7) is 0.379. The molecule has 0 radical (unpaired) electrons. The van der Waals surface area contributed by atoms with E-state index in [4.69, 9.17) is 0 Å². The van der Waals surface area contributed by atoms with Crippen molar-refractivity contribution in [3.05, 3.63) is 82.3 Å². The SMILES string of the molecule is CN1C(=O)[C@@](CC(=O)NCc2nccs2)(Cc2ccccc2)c2ccccc21. The smallest absolute Gasteiger partial charge is 0.238 e. The highest BCUT2D eigenvalue weighted by molar-refractivity contribution is 7.09. The highest BCUT2D eigenvalue weighted by Gasteiger charge is 2.50. The molecule has 2 amide bonds. The lowest BCUT2D eigenvalue weighted by atomic mass is 9.73. The lowest BCUT2D eigenvalue weighted by Crippen LogP contribution is -2.44. The molecule has 1 aliphatic rings. The van der Waals surface area contributed by atoms with Crippen molar-refractivity contribution in [2.24, 2.45) is 0 Å². The van der Waals surface area contributed by atoms with Gasteiger partial charge < -0.3 is 10.2 Å². The van der Waals surface area contributed by atoms with Crippen molar-refractivity contribution in [1.29, 1.82) is 0 Å². The van der Waals surface area contributed by atoms with E-state index < -0.39 is 5.41 Å². The van der Waals surface area contributed by atoms with E-state index in [1.54, 1.807) is 18.1 Å². The van der Waals surface area contributed by atoms with Crippen LogP contribution in [0.4, 0.5) is 5.69 Å². The summed E-state index contributed by atoms with van der Waals surface area (Å²) in [5, 5.41) is 5.65. The first-order chi connectivity index (χ1) is 13.6. The Morgan fingerprint density at radius 2 is 1.89 bits per heavy atom. The first-order valence-electron chi connectivity index (χ1n) is 9.17. The topological polar surface area (TPSA) is 62.3 Å². The maximum atomic E-state index is 13.4. The average Bonchev–Trinajstić information content (AvgIpc) is 3.31. The van der Waals surface area contributed by atoms with Crippen LogP contribution in [0.5, 0.6) is 0 Å². The number of nitrogens with zero attached hydrogens (tertiary/aromatic N) is 2. The van der Waals surface area contributed by atoms with Crippen LogP contribution in [0.25, 0.3) is 0 Å². The lowest BCUT2D eigenvalue weighted by Gasteiger charge is -2.28. The third-order valence-corrected chi connectivity index (χ3v) is 6.01. The molecule has 5 nitrogen and oxygen atoms in total. The molecular weight excluding hydrogens is 370 g/mol. The number of nitrogens with one attached hydrogen (secondary N) is 1. The van der Waals surface area contributed by atoms with Gasteiger partial charge in [0.1, 0.15) is 5.01 Å². The van der Waals surface area contributed by atoms with Gasteiger partial charge in [-0.25, -0.2) is 4.98 Å². The normalized spacial score (nSPS) is 18.2. The van der Waals surface area contributed by atoms with Gasteiger partial charge in [-0.05, 0) is 23.6 Å². The summed E-state index contributed by atoms with van der Waals surface area (Å²) in [6.07, 6.45) is 2.31. The second-order valence-electron chi connectivity index (χ2n) is 7.01. The Labute approximate surface area is 168 Å². The Hall–Kier alpha value is -2.99. The Kier molecular flexibility index (Phi) is 4.96. The number of rotatable bonds is 6. The molecule has 2 heterocycles. The monoisotopic (exact) mass is 391 g/mol. The number of carbonyl (C=O) groups is 2. The number of thiazole rings is 1. The Morgan fingerprint density at radius 1 is 1.14 bits per heavy atom. The van der Waals surface area contributed by atoms with E-state index in [0.717, 1.165) is 21.8 Å². The molecule has 1 aliphatic heterocycles. The third kappa shape index (κ3) is 3.31. The zero-order chi connectivity index (χ0) is 19.6. The number of fused-ring (bicyclic) bond motifs is 1. The molecule has 0 unspecified atom stereocenters. The van der Waals surface area contributed by atoms with Crippen molar-refractivity contribution >= 4 is 28.8 Å². The number of hydrogen-bond donors (Lipinski definition) is 1. The van der Waals surface area contributed by atoms with Crippen molar-refractivity contribution in [3.63, 3.8) is 0 Å². The predicted molar refractivity (Wildman–Crippen MR) is 110 cm³/mol. The summed E-state index contributed by atoms with van der Waals surface area (Å²) in [5.41, 5.74) is 1.92. The van der Waals surface area contributed by atoms with E-state index in [1.165, 1.54) is 11.3 Å². The van der Waals surface area contributed by atoms with Crippen LogP contribution in [-0.2, 0) is 28.0 Å². The van der Waals surface area contributed by atoms with Gasteiger partial charge in [-0.15, -0.1) is 11.3 Å². The summed E-state index contributed by atoms with van der Waals surface area (Å²) in [7, 11) is 1.78. The van der Waals surface area contributed by atoms with E-state index >= 15 is 0 Å². The second kappa shape index (κ2) is 7.56. The minimum atomic E-state index is -0.903. The van der Waals surface area contributed by atoms with E-state index in [0.29, 0.717) is 13.0 Å². The van der Waals surface area contributed by atoms with Gasteiger partial charge in [0, 0.05) is 30.7 Å². The van der Waals surface area contributed by atoms with Gasteiger partial charge in [-0.1, -0.05) is 48.5 Å². The highest BCUT2D eigenvalue weighted by atomic mass is 32.1. The summed E-state index contributed by atoms with van der Waals surface area (Å²) < 4.78 is 0. The van der Waals surface area contributed by atoms with Crippen LogP contribution in [0.1, 0.15) is 22.6 Å². The van der Waals surface area contributed by atoms with E-state index in [-0.39, 0.29) is 18.2 Å². The van der Waals surface area contributed by atoms with E-state index in [2.05, 4.69) is 10.3 Å². The van der Waals surface area contributed by atoms with Crippen LogP contribution >= 0.6 is 11.3 Å². The molecule has 3 aromatic rings. The molecule has 2 aromatic carbocycles. The molecule has 0 fully saturated rings. The molecule has 0 spiro atoms. The first kappa shape index (κ1) is 18.4. The van der Waals surface area contributed by atoms with Gasteiger partial charge in [0.25, 0.3) is 0 Å². The summed E-state index contributed by atoms with van der Waals surface area (Å²) >= 11 is 1.50. The Morgan fingerprint density at radius 3 is 2.64 bits per heavy atom. The fraction of sp³-hybridized carbons (Fsp3) is 0.227. The maximum absolute atomic E-state index is 13.4. The molecule has 6 heteroatoms. The molecule has 28 heavy (non-hydrogen) atoms.